The van der Waals surface area contributed by atoms with Gasteiger partial charge in [-0.05, 0) is 56.2 Å². The molecule has 0 spiro atoms. The van der Waals surface area contributed by atoms with E-state index in [-0.39, 0.29) is 23.1 Å². The van der Waals surface area contributed by atoms with Crippen LogP contribution in [0.4, 0.5) is 10.2 Å². The SMILES string of the molecule is CC1Oc2ccccc2OC1C(=O)NCCCc1nn(-c2ccc(F)cc2)c(N)c1C#N. The molecule has 164 valence electrons. The number of aryl methyl sites for hydroxylation is 1. The zero-order valence-electron chi connectivity index (χ0n) is 17.4. The van der Waals surface area contributed by atoms with E-state index < -0.39 is 12.2 Å². The molecule has 1 amide bonds. The van der Waals surface area contributed by atoms with Crippen molar-refractivity contribution >= 4 is 11.7 Å². The van der Waals surface area contributed by atoms with Crippen molar-refractivity contribution in [1.29, 1.82) is 5.26 Å². The summed E-state index contributed by atoms with van der Waals surface area (Å²) < 4.78 is 26.2. The molecule has 2 unspecified atom stereocenters. The number of carbonyl (C=O) groups excluding carboxylic acids is 1. The normalized spacial score (nSPS) is 16.9. The number of aromatic nitrogens is 2. The Kier molecular flexibility index (Phi) is 5.94. The fourth-order valence-corrected chi connectivity index (χ4v) is 3.53. The van der Waals surface area contributed by atoms with Crippen LogP contribution in [0, 0.1) is 17.1 Å². The van der Waals surface area contributed by atoms with Crippen LogP contribution in [0.2, 0.25) is 0 Å². The number of nitriles is 1. The Morgan fingerprint density at radius 2 is 1.91 bits per heavy atom. The Balaban J connectivity index is 1.36. The van der Waals surface area contributed by atoms with Crippen molar-refractivity contribution in [2.75, 3.05) is 12.3 Å². The molecule has 2 atom stereocenters. The van der Waals surface area contributed by atoms with Crippen LogP contribution in [0.1, 0.15) is 24.6 Å². The molecule has 32 heavy (non-hydrogen) atoms. The number of nitrogens with zero attached hydrogens (tertiary/aromatic N) is 3. The van der Waals surface area contributed by atoms with Gasteiger partial charge in [-0.25, -0.2) is 9.07 Å². The van der Waals surface area contributed by atoms with Crippen LogP contribution in [0.3, 0.4) is 0 Å². The maximum Gasteiger partial charge on any atom is 0.265 e. The number of fused-ring (bicyclic) bond motifs is 1. The lowest BCUT2D eigenvalue weighted by atomic mass is 10.1. The monoisotopic (exact) mass is 435 g/mol. The van der Waals surface area contributed by atoms with Crippen molar-refractivity contribution in [3.05, 3.63) is 65.6 Å². The molecule has 4 rings (SSSR count). The van der Waals surface area contributed by atoms with Gasteiger partial charge in [0.1, 0.15) is 29.4 Å². The standard InChI is InChI=1S/C23H22FN5O3/c1-14-21(32-20-7-3-2-6-19(20)31-14)23(30)27-12-4-5-18-17(13-25)22(26)29(28-18)16-10-8-15(24)9-11-16/h2-3,6-11,14,21H,4-5,12,26H2,1H3,(H,27,30). The lowest BCUT2D eigenvalue weighted by Crippen LogP contribution is -2.49. The van der Waals surface area contributed by atoms with E-state index in [1.54, 1.807) is 19.1 Å². The first kappa shape index (κ1) is 21.2. The number of hydrogen-bond donors (Lipinski definition) is 2. The second-order valence-corrected chi connectivity index (χ2v) is 7.41. The van der Waals surface area contributed by atoms with E-state index in [4.69, 9.17) is 15.2 Å². The van der Waals surface area contributed by atoms with E-state index in [2.05, 4.69) is 16.5 Å². The molecule has 0 radical (unpaired) electrons. The van der Waals surface area contributed by atoms with Crippen molar-refractivity contribution in [3.8, 4) is 23.3 Å². The van der Waals surface area contributed by atoms with Crippen LogP contribution in [-0.2, 0) is 11.2 Å². The summed E-state index contributed by atoms with van der Waals surface area (Å²) in [5.74, 6) is 0.692. The molecule has 3 N–H and O–H groups in total. The summed E-state index contributed by atoms with van der Waals surface area (Å²) in [5, 5.41) is 16.7. The van der Waals surface area contributed by atoms with Crippen LogP contribution in [0.15, 0.2) is 48.5 Å². The quantitative estimate of drug-likeness (QED) is 0.576. The first-order valence-electron chi connectivity index (χ1n) is 10.2. The van der Waals surface area contributed by atoms with Gasteiger partial charge in [0.25, 0.3) is 5.91 Å². The maximum atomic E-state index is 13.2. The lowest BCUT2D eigenvalue weighted by molar-refractivity contribution is -0.133. The van der Waals surface area contributed by atoms with Crippen molar-refractivity contribution in [2.45, 2.75) is 32.0 Å². The van der Waals surface area contributed by atoms with E-state index in [9.17, 15) is 14.4 Å². The maximum absolute atomic E-state index is 13.2. The Bertz CT molecular complexity index is 1170. The van der Waals surface area contributed by atoms with Gasteiger partial charge in [0.05, 0.1) is 11.4 Å². The Morgan fingerprint density at radius 3 is 2.59 bits per heavy atom. The third-order valence-corrected chi connectivity index (χ3v) is 5.17. The molecular weight excluding hydrogens is 413 g/mol. The zero-order chi connectivity index (χ0) is 22.7. The van der Waals surface area contributed by atoms with Crippen LogP contribution in [0.5, 0.6) is 11.5 Å². The minimum absolute atomic E-state index is 0.193. The molecule has 8 nitrogen and oxygen atoms in total. The average Bonchev–Trinajstić information content (AvgIpc) is 3.11. The fraction of sp³-hybridized carbons (Fsp3) is 0.261. The Morgan fingerprint density at radius 1 is 1.22 bits per heavy atom. The number of amides is 1. The summed E-state index contributed by atoms with van der Waals surface area (Å²) in [6, 6.07) is 15.0. The number of halogens is 1. The third-order valence-electron chi connectivity index (χ3n) is 5.17. The summed E-state index contributed by atoms with van der Waals surface area (Å²) in [7, 11) is 0. The first-order valence-corrected chi connectivity index (χ1v) is 10.2. The third kappa shape index (κ3) is 4.21. The van der Waals surface area contributed by atoms with E-state index in [1.165, 1.54) is 28.9 Å². The van der Waals surface area contributed by atoms with Crippen LogP contribution in [0.25, 0.3) is 5.69 Å². The summed E-state index contributed by atoms with van der Waals surface area (Å²) >= 11 is 0. The Labute approximate surface area is 184 Å². The molecule has 0 bridgehead atoms. The number of anilines is 1. The molecule has 3 aromatic rings. The predicted molar refractivity (Wildman–Crippen MR) is 115 cm³/mol. The molecular formula is C23H22FN5O3. The molecule has 0 saturated heterocycles. The summed E-state index contributed by atoms with van der Waals surface area (Å²) in [6.07, 6.45) is -0.213. The average molecular weight is 435 g/mol. The van der Waals surface area contributed by atoms with Gasteiger partial charge in [0.2, 0.25) is 6.10 Å². The molecule has 0 saturated carbocycles. The van der Waals surface area contributed by atoms with Gasteiger partial charge in [-0.3, -0.25) is 4.79 Å². The Hall–Kier alpha value is -4.06. The van der Waals surface area contributed by atoms with Gasteiger partial charge in [-0.1, -0.05) is 12.1 Å². The highest BCUT2D eigenvalue weighted by atomic mass is 19.1. The number of benzene rings is 2. The van der Waals surface area contributed by atoms with Gasteiger partial charge in [-0.15, -0.1) is 0 Å². The van der Waals surface area contributed by atoms with E-state index in [0.717, 1.165) is 0 Å². The molecule has 0 aliphatic carbocycles. The van der Waals surface area contributed by atoms with Gasteiger partial charge in [0, 0.05) is 6.54 Å². The fourth-order valence-electron chi connectivity index (χ4n) is 3.53. The number of nitrogen functional groups attached to an aromatic ring is 1. The molecule has 1 aliphatic rings. The predicted octanol–water partition coefficient (Wildman–Crippen LogP) is 2.74. The minimum Gasteiger partial charge on any atom is -0.482 e. The second kappa shape index (κ2) is 8.98. The number of para-hydroxylation sites is 2. The molecule has 1 aromatic heterocycles. The minimum atomic E-state index is -0.757. The lowest BCUT2D eigenvalue weighted by Gasteiger charge is -2.31. The highest BCUT2D eigenvalue weighted by Crippen LogP contribution is 2.33. The van der Waals surface area contributed by atoms with Gasteiger partial charge < -0.3 is 20.5 Å². The van der Waals surface area contributed by atoms with Crippen molar-refractivity contribution in [1.82, 2.24) is 15.1 Å². The molecule has 9 heteroatoms. The van der Waals surface area contributed by atoms with Gasteiger partial charge in [0.15, 0.2) is 11.5 Å². The smallest absolute Gasteiger partial charge is 0.265 e. The van der Waals surface area contributed by atoms with Crippen LogP contribution >= 0.6 is 0 Å². The number of nitrogens with two attached hydrogens (primary N) is 1. The largest absolute Gasteiger partial charge is 0.482 e. The molecule has 1 aliphatic heterocycles. The summed E-state index contributed by atoms with van der Waals surface area (Å²) in [6.45, 7) is 2.14. The van der Waals surface area contributed by atoms with Crippen molar-refractivity contribution in [2.24, 2.45) is 0 Å². The van der Waals surface area contributed by atoms with Crippen molar-refractivity contribution < 1.29 is 18.7 Å². The molecule has 2 heterocycles. The van der Waals surface area contributed by atoms with E-state index >= 15 is 0 Å². The molecule has 0 fully saturated rings. The summed E-state index contributed by atoms with van der Waals surface area (Å²) in [5.41, 5.74) is 7.42. The number of hydrogen-bond acceptors (Lipinski definition) is 6. The topological polar surface area (TPSA) is 115 Å². The van der Waals surface area contributed by atoms with E-state index in [0.29, 0.717) is 42.3 Å². The summed E-state index contributed by atoms with van der Waals surface area (Å²) in [4.78, 5) is 12.6. The second-order valence-electron chi connectivity index (χ2n) is 7.41. The van der Waals surface area contributed by atoms with Crippen molar-refractivity contribution in [3.63, 3.8) is 0 Å². The number of carbonyl (C=O) groups is 1. The van der Waals surface area contributed by atoms with Crippen LogP contribution in [-0.4, -0.2) is 34.4 Å². The molecule has 2 aromatic carbocycles. The first-order chi connectivity index (χ1) is 15.5. The zero-order valence-corrected chi connectivity index (χ0v) is 17.4. The van der Waals surface area contributed by atoms with Gasteiger partial charge in [-0.2, -0.15) is 10.4 Å². The highest BCUT2D eigenvalue weighted by Gasteiger charge is 2.33. The van der Waals surface area contributed by atoms with Crippen LogP contribution < -0.4 is 20.5 Å². The van der Waals surface area contributed by atoms with Gasteiger partial charge >= 0.3 is 0 Å². The number of ether oxygens (including phenoxy) is 2. The van der Waals surface area contributed by atoms with E-state index in [1.807, 2.05) is 12.1 Å². The number of nitrogens with one attached hydrogen (secondary N) is 1. The number of rotatable bonds is 6. The highest BCUT2D eigenvalue weighted by molar-refractivity contribution is 5.82.